The predicted molar refractivity (Wildman–Crippen MR) is 92.6 cm³/mol. The number of aromatic nitrogens is 2. The number of nitrogens with zero attached hydrogens (tertiary/aromatic N) is 4. The zero-order valence-electron chi connectivity index (χ0n) is 14.5. The quantitative estimate of drug-likeness (QED) is 0.315. The van der Waals surface area contributed by atoms with E-state index in [1.54, 1.807) is 0 Å². The predicted octanol–water partition coefficient (Wildman–Crippen LogP) is 0.735. The van der Waals surface area contributed by atoms with Gasteiger partial charge in [0.1, 0.15) is 6.29 Å². The van der Waals surface area contributed by atoms with Crippen molar-refractivity contribution in [1.82, 2.24) is 19.7 Å². The molecule has 142 valence electrons. The van der Waals surface area contributed by atoms with Gasteiger partial charge in [0.25, 0.3) is 5.69 Å². The van der Waals surface area contributed by atoms with E-state index >= 15 is 0 Å². The van der Waals surface area contributed by atoms with E-state index in [-0.39, 0.29) is 16.7 Å². The number of H-pyrrole nitrogens is 1. The molecule has 0 saturated carbocycles. The lowest BCUT2D eigenvalue weighted by molar-refractivity contribution is -0.384. The molecule has 0 amide bonds. The van der Waals surface area contributed by atoms with Crippen molar-refractivity contribution in [3.8, 4) is 0 Å². The van der Waals surface area contributed by atoms with Gasteiger partial charge in [-0.05, 0) is 6.07 Å². The summed E-state index contributed by atoms with van der Waals surface area (Å²) < 4.78 is 24.3. The van der Waals surface area contributed by atoms with Crippen molar-refractivity contribution in [2.75, 3.05) is 28.2 Å². The highest BCUT2D eigenvalue weighted by Crippen LogP contribution is 2.50. The fraction of sp³-hybridized carbons (Fsp3) is 0.385. The number of benzene rings is 1. The number of hydroxylamine groups is 4. The van der Waals surface area contributed by atoms with Crippen LogP contribution in [-0.4, -0.2) is 52.8 Å². The Labute approximate surface area is 147 Å². The summed E-state index contributed by atoms with van der Waals surface area (Å²) in [5.41, 5.74) is -2.08. The first kappa shape index (κ1) is 19.9. The molecular formula is C13H18N5O7P. The number of non-ortho nitro benzene ring substituents is 1. The fourth-order valence-corrected chi connectivity index (χ4v) is 4.01. The van der Waals surface area contributed by atoms with Crippen LogP contribution >= 0.6 is 7.60 Å². The molecule has 0 atom stereocenters. The Kier molecular flexibility index (Phi) is 5.74. The third-order valence-corrected chi connectivity index (χ3v) is 4.84. The Morgan fingerprint density at radius 1 is 1.19 bits per heavy atom. The van der Waals surface area contributed by atoms with Crippen LogP contribution in [0.2, 0.25) is 0 Å². The normalized spacial score (nSPS) is 12.2. The number of nitro benzene ring substituents is 1. The van der Waals surface area contributed by atoms with Crippen LogP contribution in [0, 0.1) is 10.1 Å². The minimum atomic E-state index is -3.91. The molecule has 1 aromatic carbocycles. The van der Waals surface area contributed by atoms with E-state index < -0.39 is 29.9 Å². The summed E-state index contributed by atoms with van der Waals surface area (Å²) in [6.07, 6.45) is -0.569. The van der Waals surface area contributed by atoms with Gasteiger partial charge in [0.2, 0.25) is 0 Å². The first-order chi connectivity index (χ1) is 12.0. The summed E-state index contributed by atoms with van der Waals surface area (Å²) in [6.45, 7) is 0. The molecule has 13 heteroatoms. The SMILES string of the molecule is CN(C)OP(=O)(Cn1c(=O)c(=O)[nH]c2cc([N+](=O)[O-])ccc21)ON(C)C. The molecule has 0 aliphatic carbocycles. The van der Waals surface area contributed by atoms with Gasteiger partial charge in [0, 0.05) is 40.3 Å². The standard InChI is InChI=1S/C13H18N5O7P/c1-15(2)24-26(23,25-16(3)4)8-17-11-6-5-9(18(21)22)7-10(11)14-12(19)13(17)20/h5-7H,8H2,1-4H3,(H,14,19). The van der Waals surface area contributed by atoms with Crippen molar-refractivity contribution in [2.45, 2.75) is 6.29 Å². The Balaban J connectivity index is 2.65. The number of hydrogen-bond acceptors (Lipinski definition) is 9. The van der Waals surface area contributed by atoms with Gasteiger partial charge < -0.3 is 4.98 Å². The highest BCUT2D eigenvalue weighted by molar-refractivity contribution is 7.52. The van der Waals surface area contributed by atoms with Crippen molar-refractivity contribution >= 4 is 24.3 Å². The van der Waals surface area contributed by atoms with Crippen LogP contribution < -0.4 is 11.1 Å². The van der Waals surface area contributed by atoms with Crippen molar-refractivity contribution in [3.63, 3.8) is 0 Å². The Hall–Kier alpha value is -2.37. The van der Waals surface area contributed by atoms with Crippen LogP contribution in [-0.2, 0) is 20.1 Å². The highest BCUT2D eigenvalue weighted by Gasteiger charge is 2.31. The molecule has 0 spiro atoms. The number of nitro groups is 1. The third kappa shape index (κ3) is 4.42. The molecule has 0 aliphatic heterocycles. The molecule has 0 unspecified atom stereocenters. The molecule has 1 N–H and O–H groups in total. The zero-order chi connectivity index (χ0) is 19.6. The maximum atomic E-state index is 13.0. The molecule has 0 fully saturated rings. The maximum absolute atomic E-state index is 13.0. The molecule has 0 aliphatic rings. The molecule has 12 nitrogen and oxygen atoms in total. The van der Waals surface area contributed by atoms with Gasteiger partial charge in [0.05, 0.1) is 16.0 Å². The van der Waals surface area contributed by atoms with E-state index in [2.05, 4.69) is 4.98 Å². The molecule has 2 rings (SSSR count). The average molecular weight is 387 g/mol. The molecule has 1 heterocycles. The van der Waals surface area contributed by atoms with Gasteiger partial charge in [-0.3, -0.25) is 28.8 Å². The lowest BCUT2D eigenvalue weighted by atomic mass is 10.2. The summed E-state index contributed by atoms with van der Waals surface area (Å²) in [6, 6.07) is 3.55. The van der Waals surface area contributed by atoms with Gasteiger partial charge >= 0.3 is 18.7 Å². The third-order valence-electron chi connectivity index (χ3n) is 3.06. The van der Waals surface area contributed by atoms with Gasteiger partial charge in [-0.1, -0.05) is 0 Å². The number of fused-ring (bicyclic) bond motifs is 1. The second-order valence-corrected chi connectivity index (χ2v) is 7.52. The lowest BCUT2D eigenvalue weighted by Gasteiger charge is -2.24. The zero-order valence-corrected chi connectivity index (χ0v) is 15.4. The van der Waals surface area contributed by atoms with E-state index in [1.165, 1.54) is 40.3 Å². The molecule has 26 heavy (non-hydrogen) atoms. The van der Waals surface area contributed by atoms with Crippen LogP contribution in [0.4, 0.5) is 5.69 Å². The summed E-state index contributed by atoms with van der Waals surface area (Å²) >= 11 is 0. The topological polar surface area (TPSA) is 140 Å². The van der Waals surface area contributed by atoms with Crippen LogP contribution in [0.15, 0.2) is 27.8 Å². The summed E-state index contributed by atoms with van der Waals surface area (Å²) in [5, 5.41) is 13.2. The van der Waals surface area contributed by atoms with Crippen molar-refractivity contribution in [1.29, 1.82) is 0 Å². The van der Waals surface area contributed by atoms with Crippen molar-refractivity contribution in [2.24, 2.45) is 0 Å². The number of nitrogens with one attached hydrogen (secondary N) is 1. The molecule has 1 aromatic heterocycles. The Morgan fingerprint density at radius 2 is 1.77 bits per heavy atom. The molecular weight excluding hydrogens is 369 g/mol. The number of rotatable bonds is 7. The second-order valence-electron chi connectivity index (χ2n) is 5.69. The van der Waals surface area contributed by atoms with Crippen molar-refractivity contribution in [3.05, 3.63) is 49.0 Å². The van der Waals surface area contributed by atoms with Gasteiger partial charge in [-0.2, -0.15) is 10.1 Å². The number of aromatic amines is 1. The lowest BCUT2D eigenvalue weighted by Crippen LogP contribution is -2.37. The maximum Gasteiger partial charge on any atom is 0.383 e. The Morgan fingerprint density at radius 3 is 2.27 bits per heavy atom. The molecule has 0 radical (unpaired) electrons. The average Bonchev–Trinajstić information content (AvgIpc) is 2.49. The van der Waals surface area contributed by atoms with E-state index in [9.17, 15) is 24.3 Å². The van der Waals surface area contributed by atoms with Crippen molar-refractivity contribution < 1.29 is 18.7 Å². The van der Waals surface area contributed by atoms with E-state index in [0.29, 0.717) is 0 Å². The van der Waals surface area contributed by atoms with Gasteiger partial charge in [-0.15, -0.1) is 0 Å². The molecule has 0 saturated heterocycles. The minimum absolute atomic E-state index is 0.0463. The largest absolute Gasteiger partial charge is 0.383 e. The fourth-order valence-electron chi connectivity index (χ4n) is 2.26. The number of hydrogen-bond donors (Lipinski definition) is 1. The monoisotopic (exact) mass is 387 g/mol. The smallest absolute Gasteiger partial charge is 0.316 e. The first-order valence-corrected chi connectivity index (χ1v) is 8.99. The first-order valence-electron chi connectivity index (χ1n) is 7.27. The van der Waals surface area contributed by atoms with E-state index in [1.807, 2.05) is 0 Å². The van der Waals surface area contributed by atoms with E-state index in [0.717, 1.165) is 20.8 Å². The second kappa shape index (κ2) is 7.48. The summed E-state index contributed by atoms with van der Waals surface area (Å²) in [7, 11) is 2.01. The van der Waals surface area contributed by atoms with Crippen LogP contribution in [0.3, 0.4) is 0 Å². The summed E-state index contributed by atoms with van der Waals surface area (Å²) in [4.78, 5) is 36.7. The van der Waals surface area contributed by atoms with Crippen LogP contribution in [0.5, 0.6) is 0 Å². The summed E-state index contributed by atoms with van der Waals surface area (Å²) in [5.74, 6) is 0. The molecule has 2 aromatic rings. The van der Waals surface area contributed by atoms with Gasteiger partial charge in [0.15, 0.2) is 0 Å². The minimum Gasteiger partial charge on any atom is -0.316 e. The van der Waals surface area contributed by atoms with E-state index in [4.69, 9.17) is 9.25 Å². The van der Waals surface area contributed by atoms with Gasteiger partial charge in [-0.25, -0.2) is 9.25 Å². The molecule has 0 bridgehead atoms. The van der Waals surface area contributed by atoms with Crippen LogP contribution in [0.1, 0.15) is 0 Å². The Bertz CT molecular complexity index is 983. The van der Waals surface area contributed by atoms with Crippen LogP contribution in [0.25, 0.3) is 11.0 Å². The highest BCUT2D eigenvalue weighted by atomic mass is 31.2.